The van der Waals surface area contributed by atoms with Crippen LogP contribution < -0.4 is 0 Å². The molecule has 1 N–H and O–H groups in total. The molecule has 0 saturated heterocycles. The quantitative estimate of drug-likeness (QED) is 0.577. The van der Waals surface area contributed by atoms with Gasteiger partial charge in [-0.15, -0.1) is 10.2 Å². The maximum Gasteiger partial charge on any atom is 0.269 e. The zero-order valence-electron chi connectivity index (χ0n) is 12.5. The Morgan fingerprint density at radius 2 is 2.08 bits per heavy atom. The summed E-state index contributed by atoms with van der Waals surface area (Å²) in [5.74, 6) is 1.18. The van der Waals surface area contributed by atoms with Crippen molar-refractivity contribution in [3.8, 4) is 11.5 Å². The second-order valence-corrected chi connectivity index (χ2v) is 6.14. The smallest absolute Gasteiger partial charge is 0.269 e. The summed E-state index contributed by atoms with van der Waals surface area (Å²) in [7, 11) is 0. The number of nitrogens with zero attached hydrogens (tertiary/aromatic N) is 6. The van der Waals surface area contributed by atoms with Crippen molar-refractivity contribution in [3.05, 3.63) is 51.7 Å². The fraction of sp³-hybridized carbons (Fsp3) is 0.143. The Balaban J connectivity index is 1.73. The Bertz CT molecular complexity index is 958. The minimum atomic E-state index is -0.420. The van der Waals surface area contributed by atoms with Gasteiger partial charge < -0.3 is 0 Å². The average molecular weight is 341 g/mol. The van der Waals surface area contributed by atoms with Crippen molar-refractivity contribution in [1.29, 1.82) is 0 Å². The summed E-state index contributed by atoms with van der Waals surface area (Å²) >= 11 is 1.51. The van der Waals surface area contributed by atoms with Crippen molar-refractivity contribution >= 4 is 23.2 Å². The van der Waals surface area contributed by atoms with Gasteiger partial charge in [0, 0.05) is 23.6 Å². The van der Waals surface area contributed by atoms with E-state index in [0.29, 0.717) is 22.4 Å². The molecular formula is C14H11N7O2S. The predicted octanol–water partition coefficient (Wildman–Crippen LogP) is 2.24. The van der Waals surface area contributed by atoms with Crippen molar-refractivity contribution in [2.45, 2.75) is 12.1 Å². The lowest BCUT2D eigenvalue weighted by Gasteiger charge is -2.13. The topological polar surface area (TPSA) is 115 Å². The molecule has 3 heterocycles. The SMILES string of the molecule is Cc1cc(-c2nnc3n2N=C(c2ccc([N+](=O)[O-])cc2)CS3)n[nH]1. The number of benzene rings is 1. The molecule has 1 aliphatic heterocycles. The van der Waals surface area contributed by atoms with E-state index in [2.05, 4.69) is 25.5 Å². The largest absolute Gasteiger partial charge is 0.282 e. The number of hydrogen-bond donors (Lipinski definition) is 1. The number of hydrogen-bond acceptors (Lipinski definition) is 7. The highest BCUT2D eigenvalue weighted by Gasteiger charge is 2.22. The number of nitro groups is 1. The van der Waals surface area contributed by atoms with E-state index in [-0.39, 0.29) is 5.69 Å². The molecule has 0 aliphatic carbocycles. The number of aromatic nitrogens is 5. The lowest BCUT2D eigenvalue weighted by molar-refractivity contribution is -0.384. The molecular weight excluding hydrogens is 330 g/mol. The third kappa shape index (κ3) is 2.46. The molecule has 0 saturated carbocycles. The van der Waals surface area contributed by atoms with Gasteiger partial charge in [-0.1, -0.05) is 11.8 Å². The van der Waals surface area contributed by atoms with Gasteiger partial charge in [0.05, 0.1) is 10.6 Å². The van der Waals surface area contributed by atoms with Crippen molar-refractivity contribution < 1.29 is 4.92 Å². The summed E-state index contributed by atoms with van der Waals surface area (Å²) in [5, 5.41) is 31.4. The van der Waals surface area contributed by atoms with Crippen molar-refractivity contribution in [1.82, 2.24) is 25.1 Å². The first-order chi connectivity index (χ1) is 11.6. The van der Waals surface area contributed by atoms with Gasteiger partial charge in [-0.25, -0.2) is 0 Å². The van der Waals surface area contributed by atoms with E-state index in [1.54, 1.807) is 16.8 Å². The Kier molecular flexibility index (Phi) is 3.38. The van der Waals surface area contributed by atoms with Crippen LogP contribution in [0.2, 0.25) is 0 Å². The molecule has 0 radical (unpaired) electrons. The van der Waals surface area contributed by atoms with Gasteiger partial charge in [-0.3, -0.25) is 15.2 Å². The third-order valence-corrected chi connectivity index (χ3v) is 4.45. The maximum absolute atomic E-state index is 10.8. The van der Waals surface area contributed by atoms with Gasteiger partial charge in [-0.05, 0) is 30.7 Å². The van der Waals surface area contributed by atoms with Crippen molar-refractivity contribution in [2.75, 3.05) is 5.75 Å². The highest BCUT2D eigenvalue weighted by atomic mass is 32.2. The first kappa shape index (κ1) is 14.6. The minimum Gasteiger partial charge on any atom is -0.282 e. The van der Waals surface area contributed by atoms with Gasteiger partial charge in [0.15, 0.2) is 0 Å². The number of rotatable bonds is 3. The molecule has 4 rings (SSSR count). The van der Waals surface area contributed by atoms with Crippen LogP contribution in [0.25, 0.3) is 11.5 Å². The molecule has 2 aromatic heterocycles. The fourth-order valence-electron chi connectivity index (χ4n) is 2.34. The van der Waals surface area contributed by atoms with Crippen molar-refractivity contribution in [2.24, 2.45) is 5.10 Å². The number of aromatic amines is 1. The summed E-state index contributed by atoms with van der Waals surface area (Å²) < 4.78 is 1.65. The molecule has 0 spiro atoms. The highest BCUT2D eigenvalue weighted by Crippen LogP contribution is 2.28. The van der Waals surface area contributed by atoms with Crippen molar-refractivity contribution in [3.63, 3.8) is 0 Å². The van der Waals surface area contributed by atoms with E-state index in [1.165, 1.54) is 23.9 Å². The van der Waals surface area contributed by atoms with E-state index in [9.17, 15) is 10.1 Å². The predicted molar refractivity (Wildman–Crippen MR) is 88.1 cm³/mol. The first-order valence-electron chi connectivity index (χ1n) is 7.05. The second kappa shape index (κ2) is 5.57. The Labute approximate surface area is 140 Å². The van der Waals surface area contributed by atoms with Crippen LogP contribution in [0.1, 0.15) is 11.3 Å². The van der Waals surface area contributed by atoms with Gasteiger partial charge in [-0.2, -0.15) is 14.9 Å². The summed E-state index contributed by atoms with van der Waals surface area (Å²) in [6, 6.07) is 8.22. The number of H-pyrrole nitrogens is 1. The molecule has 0 unspecified atom stereocenters. The van der Waals surface area contributed by atoms with Gasteiger partial charge in [0.2, 0.25) is 11.0 Å². The fourth-order valence-corrected chi connectivity index (χ4v) is 3.18. The molecule has 120 valence electrons. The van der Waals surface area contributed by atoms with E-state index >= 15 is 0 Å². The van der Waals surface area contributed by atoms with Gasteiger partial charge in [0.25, 0.3) is 5.69 Å². The molecule has 0 atom stereocenters. The number of nitro benzene ring substituents is 1. The summed E-state index contributed by atoms with van der Waals surface area (Å²) in [4.78, 5) is 10.3. The van der Waals surface area contributed by atoms with E-state index < -0.39 is 4.92 Å². The number of fused-ring (bicyclic) bond motifs is 1. The summed E-state index contributed by atoms with van der Waals surface area (Å²) in [6.07, 6.45) is 0. The highest BCUT2D eigenvalue weighted by molar-refractivity contribution is 7.99. The van der Waals surface area contributed by atoms with Crippen LogP contribution in [0.3, 0.4) is 0 Å². The van der Waals surface area contributed by atoms with E-state index in [1.807, 2.05) is 13.0 Å². The Morgan fingerprint density at radius 3 is 2.75 bits per heavy atom. The zero-order chi connectivity index (χ0) is 16.7. The first-order valence-corrected chi connectivity index (χ1v) is 8.03. The Hall–Kier alpha value is -3.01. The van der Waals surface area contributed by atoms with Gasteiger partial charge in [0.1, 0.15) is 5.69 Å². The van der Waals surface area contributed by atoms with Crippen LogP contribution in [0.15, 0.2) is 40.6 Å². The normalized spacial score (nSPS) is 13.5. The van der Waals surface area contributed by atoms with E-state index in [0.717, 1.165) is 17.0 Å². The molecule has 1 aromatic carbocycles. The lowest BCUT2D eigenvalue weighted by Crippen LogP contribution is -2.13. The van der Waals surface area contributed by atoms with Crippen LogP contribution in [0, 0.1) is 17.0 Å². The molecule has 3 aromatic rings. The minimum absolute atomic E-state index is 0.0560. The molecule has 9 nitrogen and oxygen atoms in total. The summed E-state index contributed by atoms with van der Waals surface area (Å²) in [6.45, 7) is 1.91. The maximum atomic E-state index is 10.8. The molecule has 1 aliphatic rings. The number of aryl methyl sites for hydroxylation is 1. The third-order valence-electron chi connectivity index (χ3n) is 3.52. The van der Waals surface area contributed by atoms with Gasteiger partial charge >= 0.3 is 0 Å². The molecule has 24 heavy (non-hydrogen) atoms. The van der Waals surface area contributed by atoms with Crippen LogP contribution in [0.4, 0.5) is 5.69 Å². The van der Waals surface area contributed by atoms with E-state index in [4.69, 9.17) is 0 Å². The molecule has 10 heteroatoms. The Morgan fingerprint density at radius 1 is 1.29 bits per heavy atom. The lowest BCUT2D eigenvalue weighted by atomic mass is 10.1. The summed E-state index contributed by atoms with van der Waals surface area (Å²) in [5.41, 5.74) is 3.28. The second-order valence-electron chi connectivity index (χ2n) is 5.19. The van der Waals surface area contributed by atoms with Crippen LogP contribution in [-0.2, 0) is 0 Å². The number of thioether (sulfide) groups is 1. The molecule has 0 amide bonds. The van der Waals surface area contributed by atoms with Crippen LogP contribution >= 0.6 is 11.8 Å². The zero-order valence-corrected chi connectivity index (χ0v) is 13.3. The number of nitrogens with one attached hydrogen (secondary N) is 1. The van der Waals surface area contributed by atoms with Crippen LogP contribution in [-0.4, -0.2) is 41.5 Å². The average Bonchev–Trinajstić information content (AvgIpc) is 3.20. The molecule has 0 fully saturated rings. The van der Waals surface area contributed by atoms with Crippen LogP contribution in [0.5, 0.6) is 0 Å². The number of non-ortho nitro benzene ring substituents is 1. The molecule has 0 bridgehead atoms. The monoisotopic (exact) mass is 341 g/mol. The standard InChI is InChI=1S/C14H11N7O2S/c1-8-6-11(16-15-8)13-17-18-14-20(13)19-12(7-24-14)9-2-4-10(5-3-9)21(22)23/h2-6H,7H2,1H3,(H,15,16).